The molecular formula is C14H20ClNO2. The van der Waals surface area contributed by atoms with E-state index in [0.29, 0.717) is 19.3 Å². The van der Waals surface area contributed by atoms with Gasteiger partial charge in [-0.05, 0) is 44.0 Å². The normalized spacial score (nSPS) is 24.0. The second kappa shape index (κ2) is 5.91. The molecule has 18 heavy (non-hydrogen) atoms. The molecule has 0 saturated carbocycles. The van der Waals surface area contributed by atoms with Gasteiger partial charge in [0.05, 0.1) is 18.8 Å². The molecule has 1 N–H and O–H groups in total. The van der Waals surface area contributed by atoms with Crippen molar-refractivity contribution in [3.63, 3.8) is 0 Å². The predicted molar refractivity (Wildman–Crippen MR) is 73.6 cm³/mol. The van der Waals surface area contributed by atoms with E-state index in [4.69, 9.17) is 21.1 Å². The first kappa shape index (κ1) is 13.7. The van der Waals surface area contributed by atoms with Gasteiger partial charge in [0, 0.05) is 11.6 Å². The van der Waals surface area contributed by atoms with E-state index in [1.54, 1.807) is 0 Å². The van der Waals surface area contributed by atoms with Crippen molar-refractivity contribution in [3.05, 3.63) is 28.3 Å². The summed E-state index contributed by atoms with van der Waals surface area (Å²) in [5.74, 6) is 0.870. The Bertz CT molecular complexity index is 391. The summed E-state index contributed by atoms with van der Waals surface area (Å²) in [7, 11) is 0. The average Bonchev–Trinajstić information content (AvgIpc) is 2.35. The highest BCUT2D eigenvalue weighted by Gasteiger charge is 2.18. The molecule has 100 valence electrons. The summed E-state index contributed by atoms with van der Waals surface area (Å²) in [5.41, 5.74) is 2.10. The van der Waals surface area contributed by atoms with Crippen molar-refractivity contribution in [3.8, 4) is 5.75 Å². The van der Waals surface area contributed by atoms with E-state index in [1.165, 1.54) is 0 Å². The molecule has 1 aromatic carbocycles. The Balaban J connectivity index is 1.90. The van der Waals surface area contributed by atoms with Crippen LogP contribution >= 0.6 is 11.6 Å². The molecule has 3 nitrogen and oxygen atoms in total. The Morgan fingerprint density at radius 3 is 2.61 bits per heavy atom. The number of hydrogen-bond acceptors (Lipinski definition) is 3. The van der Waals surface area contributed by atoms with Gasteiger partial charge in [0.25, 0.3) is 0 Å². The fourth-order valence-electron chi connectivity index (χ4n) is 2.02. The molecule has 1 saturated heterocycles. The van der Waals surface area contributed by atoms with Gasteiger partial charge < -0.3 is 14.8 Å². The first-order chi connectivity index (χ1) is 8.56. The summed E-state index contributed by atoms with van der Waals surface area (Å²) in [6.07, 6.45) is 0.293. The fraction of sp³-hybridized carbons (Fsp3) is 0.571. The second-order valence-corrected chi connectivity index (χ2v) is 5.31. The Kier molecular flexibility index (Phi) is 4.49. The van der Waals surface area contributed by atoms with E-state index in [-0.39, 0.29) is 6.04 Å². The monoisotopic (exact) mass is 269 g/mol. The van der Waals surface area contributed by atoms with Crippen molar-refractivity contribution in [2.75, 3.05) is 19.8 Å². The minimum Gasteiger partial charge on any atom is -0.492 e. The van der Waals surface area contributed by atoms with E-state index < -0.39 is 0 Å². The molecule has 1 aliphatic heterocycles. The van der Waals surface area contributed by atoms with Crippen molar-refractivity contribution in [1.29, 1.82) is 0 Å². The highest BCUT2D eigenvalue weighted by atomic mass is 35.5. The van der Waals surface area contributed by atoms with Gasteiger partial charge in [-0.2, -0.15) is 0 Å². The molecule has 0 aromatic heterocycles. The molecule has 2 rings (SSSR count). The van der Waals surface area contributed by atoms with Crippen LogP contribution in [-0.2, 0) is 4.74 Å². The molecule has 1 aliphatic rings. The third kappa shape index (κ3) is 3.37. The Morgan fingerprint density at radius 2 is 2.06 bits per heavy atom. The zero-order valence-electron chi connectivity index (χ0n) is 11.1. The summed E-state index contributed by atoms with van der Waals surface area (Å²) in [6.45, 7) is 8.25. The highest BCUT2D eigenvalue weighted by molar-refractivity contribution is 6.32. The number of rotatable bonds is 3. The molecule has 1 heterocycles. The van der Waals surface area contributed by atoms with Crippen LogP contribution in [0.2, 0.25) is 5.02 Å². The first-order valence-electron chi connectivity index (χ1n) is 6.31. The lowest BCUT2D eigenvalue weighted by Crippen LogP contribution is -2.48. The van der Waals surface area contributed by atoms with Crippen molar-refractivity contribution in [2.24, 2.45) is 0 Å². The van der Waals surface area contributed by atoms with E-state index in [2.05, 4.69) is 12.2 Å². The zero-order chi connectivity index (χ0) is 13.1. The molecule has 0 spiro atoms. The second-order valence-electron chi connectivity index (χ2n) is 4.93. The van der Waals surface area contributed by atoms with Gasteiger partial charge in [-0.15, -0.1) is 0 Å². The summed E-state index contributed by atoms with van der Waals surface area (Å²) in [4.78, 5) is 0. The van der Waals surface area contributed by atoms with Crippen molar-refractivity contribution < 1.29 is 9.47 Å². The molecule has 0 aliphatic carbocycles. The zero-order valence-corrected chi connectivity index (χ0v) is 11.9. The van der Waals surface area contributed by atoms with Crippen LogP contribution in [0.1, 0.15) is 18.1 Å². The van der Waals surface area contributed by atoms with Crippen LogP contribution in [0.4, 0.5) is 0 Å². The van der Waals surface area contributed by atoms with Crippen molar-refractivity contribution in [2.45, 2.75) is 32.9 Å². The van der Waals surface area contributed by atoms with Gasteiger partial charge in [0.2, 0.25) is 0 Å². The molecule has 0 amide bonds. The van der Waals surface area contributed by atoms with Crippen LogP contribution in [0, 0.1) is 13.8 Å². The van der Waals surface area contributed by atoms with Gasteiger partial charge in [-0.3, -0.25) is 0 Å². The molecule has 1 fully saturated rings. The minimum absolute atomic E-state index is 0.262. The van der Waals surface area contributed by atoms with Gasteiger partial charge in [-0.1, -0.05) is 11.6 Å². The Labute approximate surface area is 113 Å². The predicted octanol–water partition coefficient (Wildman–Crippen LogP) is 2.71. The summed E-state index contributed by atoms with van der Waals surface area (Å²) < 4.78 is 11.4. The van der Waals surface area contributed by atoms with Gasteiger partial charge in [0.15, 0.2) is 0 Å². The largest absolute Gasteiger partial charge is 0.492 e. The third-order valence-electron chi connectivity index (χ3n) is 3.14. The lowest BCUT2D eigenvalue weighted by atomic mass is 10.1. The molecule has 0 bridgehead atoms. The van der Waals surface area contributed by atoms with Crippen LogP contribution in [0.3, 0.4) is 0 Å². The van der Waals surface area contributed by atoms with Gasteiger partial charge in [0.1, 0.15) is 12.4 Å². The summed E-state index contributed by atoms with van der Waals surface area (Å²) in [5, 5.41) is 4.22. The molecule has 1 aromatic rings. The molecule has 2 atom stereocenters. The first-order valence-corrected chi connectivity index (χ1v) is 6.68. The van der Waals surface area contributed by atoms with Gasteiger partial charge in [-0.25, -0.2) is 0 Å². The minimum atomic E-state index is 0.262. The number of ether oxygens (including phenoxy) is 2. The third-order valence-corrected chi connectivity index (χ3v) is 3.73. The number of halogens is 1. The lowest BCUT2D eigenvalue weighted by molar-refractivity contribution is 0.00456. The maximum atomic E-state index is 6.13. The van der Waals surface area contributed by atoms with Crippen molar-refractivity contribution >= 4 is 11.6 Å². The smallest absolute Gasteiger partial charge is 0.120 e. The summed E-state index contributed by atoms with van der Waals surface area (Å²) in [6, 6.07) is 4.21. The molecule has 4 heteroatoms. The van der Waals surface area contributed by atoms with E-state index >= 15 is 0 Å². The van der Waals surface area contributed by atoms with Crippen LogP contribution in [0.15, 0.2) is 12.1 Å². The van der Waals surface area contributed by atoms with E-state index in [0.717, 1.165) is 28.4 Å². The Morgan fingerprint density at radius 1 is 1.39 bits per heavy atom. The number of nitrogens with one attached hydrogen (secondary N) is 1. The van der Waals surface area contributed by atoms with Gasteiger partial charge >= 0.3 is 0 Å². The van der Waals surface area contributed by atoms with E-state index in [1.807, 2.05) is 26.0 Å². The van der Waals surface area contributed by atoms with E-state index in [9.17, 15) is 0 Å². The van der Waals surface area contributed by atoms with Crippen LogP contribution < -0.4 is 10.1 Å². The topological polar surface area (TPSA) is 30.5 Å². The maximum Gasteiger partial charge on any atom is 0.120 e. The number of hydrogen-bond donors (Lipinski definition) is 1. The maximum absolute atomic E-state index is 6.13. The quantitative estimate of drug-likeness (QED) is 0.915. The summed E-state index contributed by atoms with van der Waals surface area (Å²) >= 11 is 6.13. The SMILES string of the molecule is Cc1cc(OCC2COC(C)CN2)cc(C)c1Cl. The van der Waals surface area contributed by atoms with Crippen LogP contribution in [0.25, 0.3) is 0 Å². The average molecular weight is 270 g/mol. The number of benzene rings is 1. The van der Waals surface area contributed by atoms with Crippen molar-refractivity contribution in [1.82, 2.24) is 5.32 Å². The number of aryl methyl sites for hydroxylation is 2. The van der Waals surface area contributed by atoms with Crippen LogP contribution in [-0.4, -0.2) is 31.9 Å². The lowest BCUT2D eigenvalue weighted by Gasteiger charge is -2.28. The number of morpholine rings is 1. The highest BCUT2D eigenvalue weighted by Crippen LogP contribution is 2.25. The fourth-order valence-corrected chi connectivity index (χ4v) is 2.13. The molecular weight excluding hydrogens is 250 g/mol. The standard InChI is InChI=1S/C14H20ClNO2/c1-9-4-13(5-10(2)14(9)15)18-8-12-7-17-11(3)6-16-12/h4-5,11-12,16H,6-8H2,1-3H3. The Hall–Kier alpha value is -0.770. The molecule has 0 radical (unpaired) electrons. The molecule has 2 unspecified atom stereocenters. The van der Waals surface area contributed by atoms with Crippen LogP contribution in [0.5, 0.6) is 5.75 Å².